The van der Waals surface area contributed by atoms with Gasteiger partial charge in [0.25, 0.3) is 0 Å². The third-order valence-corrected chi connectivity index (χ3v) is 3.77. The molecule has 2 aliphatic rings. The summed E-state index contributed by atoms with van der Waals surface area (Å²) >= 11 is 0. The first kappa shape index (κ1) is 10.4. The molecule has 0 aromatic carbocycles. The SMILES string of the molecule is CN1C(COC(C)(C)C)CCC12CC2. The maximum absolute atomic E-state index is 5.86. The quantitative estimate of drug-likeness (QED) is 0.674. The molecular weight excluding hydrogens is 174 g/mol. The normalized spacial score (nSPS) is 31.3. The van der Waals surface area contributed by atoms with Crippen LogP contribution in [0.3, 0.4) is 0 Å². The van der Waals surface area contributed by atoms with Crippen molar-refractivity contribution in [1.82, 2.24) is 4.90 Å². The summed E-state index contributed by atoms with van der Waals surface area (Å²) in [4.78, 5) is 2.57. The summed E-state index contributed by atoms with van der Waals surface area (Å²) in [5.41, 5.74) is 0.617. The van der Waals surface area contributed by atoms with Crippen molar-refractivity contribution in [1.29, 1.82) is 0 Å². The maximum atomic E-state index is 5.86. The van der Waals surface area contributed by atoms with Gasteiger partial charge in [0.05, 0.1) is 12.2 Å². The van der Waals surface area contributed by atoms with Gasteiger partial charge in [-0.05, 0) is 53.5 Å². The smallest absolute Gasteiger partial charge is 0.0629 e. The lowest BCUT2D eigenvalue weighted by Crippen LogP contribution is -2.38. The molecule has 2 nitrogen and oxygen atoms in total. The number of rotatable bonds is 2. The van der Waals surface area contributed by atoms with E-state index in [2.05, 4.69) is 32.7 Å². The Bertz CT molecular complexity index is 215. The van der Waals surface area contributed by atoms with Crippen molar-refractivity contribution in [3.63, 3.8) is 0 Å². The highest BCUT2D eigenvalue weighted by molar-refractivity contribution is 5.09. The average Bonchev–Trinajstić information content (AvgIpc) is 2.76. The first-order valence-electron chi connectivity index (χ1n) is 5.80. The highest BCUT2D eigenvalue weighted by atomic mass is 16.5. The van der Waals surface area contributed by atoms with E-state index in [0.29, 0.717) is 11.6 Å². The van der Waals surface area contributed by atoms with Gasteiger partial charge >= 0.3 is 0 Å². The van der Waals surface area contributed by atoms with E-state index in [1.807, 2.05) is 0 Å². The fourth-order valence-electron chi connectivity index (χ4n) is 2.48. The van der Waals surface area contributed by atoms with E-state index in [1.54, 1.807) is 0 Å². The summed E-state index contributed by atoms with van der Waals surface area (Å²) in [7, 11) is 2.27. The molecule has 1 saturated heterocycles. The molecule has 1 aliphatic heterocycles. The van der Waals surface area contributed by atoms with Crippen LogP contribution in [0.25, 0.3) is 0 Å². The Labute approximate surface area is 87.6 Å². The summed E-state index contributed by atoms with van der Waals surface area (Å²) in [6.45, 7) is 7.31. The molecule has 1 heterocycles. The predicted octanol–water partition coefficient (Wildman–Crippen LogP) is 2.43. The summed E-state index contributed by atoms with van der Waals surface area (Å²) in [6, 6.07) is 0.664. The largest absolute Gasteiger partial charge is 0.374 e. The number of likely N-dealkylation sites (tertiary alicyclic amines) is 1. The molecule has 1 saturated carbocycles. The van der Waals surface area contributed by atoms with Gasteiger partial charge in [0.15, 0.2) is 0 Å². The van der Waals surface area contributed by atoms with E-state index < -0.39 is 0 Å². The van der Waals surface area contributed by atoms with Gasteiger partial charge in [-0.1, -0.05) is 0 Å². The van der Waals surface area contributed by atoms with Crippen LogP contribution >= 0.6 is 0 Å². The average molecular weight is 197 g/mol. The minimum Gasteiger partial charge on any atom is -0.374 e. The van der Waals surface area contributed by atoms with Crippen LogP contribution < -0.4 is 0 Å². The summed E-state index contributed by atoms with van der Waals surface area (Å²) in [5, 5.41) is 0. The monoisotopic (exact) mass is 197 g/mol. The van der Waals surface area contributed by atoms with Gasteiger partial charge in [0, 0.05) is 11.6 Å². The highest BCUT2D eigenvalue weighted by Gasteiger charge is 2.52. The third-order valence-electron chi connectivity index (χ3n) is 3.77. The lowest BCUT2D eigenvalue weighted by Gasteiger charge is -2.28. The molecule has 0 aromatic rings. The molecular formula is C12H23NO. The molecule has 82 valence electrons. The van der Waals surface area contributed by atoms with Crippen LogP contribution in [0.4, 0.5) is 0 Å². The van der Waals surface area contributed by atoms with Gasteiger partial charge < -0.3 is 4.74 Å². The molecule has 0 bridgehead atoms. The van der Waals surface area contributed by atoms with Gasteiger partial charge in [0.2, 0.25) is 0 Å². The van der Waals surface area contributed by atoms with E-state index in [-0.39, 0.29) is 5.60 Å². The van der Waals surface area contributed by atoms with Crippen molar-refractivity contribution in [2.75, 3.05) is 13.7 Å². The Balaban J connectivity index is 1.83. The molecule has 2 fully saturated rings. The van der Waals surface area contributed by atoms with Crippen LogP contribution in [0.15, 0.2) is 0 Å². The van der Waals surface area contributed by atoms with Gasteiger partial charge in [-0.2, -0.15) is 0 Å². The summed E-state index contributed by atoms with van der Waals surface area (Å²) in [5.74, 6) is 0. The molecule has 2 rings (SSSR count). The number of ether oxygens (including phenoxy) is 1. The third kappa shape index (κ3) is 1.96. The van der Waals surface area contributed by atoms with Crippen molar-refractivity contribution in [2.24, 2.45) is 0 Å². The summed E-state index contributed by atoms with van der Waals surface area (Å²) in [6.07, 6.45) is 5.54. The zero-order valence-electron chi connectivity index (χ0n) is 9.97. The van der Waals surface area contributed by atoms with Crippen LogP contribution in [0.5, 0.6) is 0 Å². The minimum absolute atomic E-state index is 0.0140. The Kier molecular flexibility index (Phi) is 2.39. The van der Waals surface area contributed by atoms with Gasteiger partial charge in [-0.15, -0.1) is 0 Å². The molecule has 2 heteroatoms. The van der Waals surface area contributed by atoms with E-state index in [9.17, 15) is 0 Å². The van der Waals surface area contributed by atoms with Crippen LogP contribution in [-0.2, 0) is 4.74 Å². The van der Waals surface area contributed by atoms with E-state index in [4.69, 9.17) is 4.74 Å². The number of nitrogens with zero attached hydrogens (tertiary/aromatic N) is 1. The van der Waals surface area contributed by atoms with Gasteiger partial charge in [0.1, 0.15) is 0 Å². The first-order chi connectivity index (χ1) is 6.43. The standard InChI is InChI=1S/C12H23NO/c1-11(2,3)14-9-10-5-6-12(7-8-12)13(10)4/h10H,5-9H2,1-4H3. The topological polar surface area (TPSA) is 12.5 Å². The molecule has 1 atom stereocenters. The summed E-state index contributed by atoms with van der Waals surface area (Å²) < 4.78 is 5.86. The van der Waals surface area contributed by atoms with Crippen LogP contribution in [0.1, 0.15) is 46.5 Å². The number of likely N-dealkylation sites (N-methyl/N-ethyl adjacent to an activating group) is 1. The molecule has 1 unspecified atom stereocenters. The molecule has 0 aromatic heterocycles. The molecule has 0 amide bonds. The zero-order chi connectivity index (χ0) is 10.4. The Hall–Kier alpha value is -0.0800. The lowest BCUT2D eigenvalue weighted by molar-refractivity contribution is -0.0292. The number of hydrogen-bond acceptors (Lipinski definition) is 2. The second kappa shape index (κ2) is 3.21. The van der Waals surface area contributed by atoms with E-state index >= 15 is 0 Å². The van der Waals surface area contributed by atoms with Crippen molar-refractivity contribution >= 4 is 0 Å². The van der Waals surface area contributed by atoms with Crippen molar-refractivity contribution in [3.05, 3.63) is 0 Å². The fraction of sp³-hybridized carbons (Fsp3) is 1.00. The van der Waals surface area contributed by atoms with E-state index in [0.717, 1.165) is 6.61 Å². The molecule has 0 N–H and O–H groups in total. The lowest BCUT2D eigenvalue weighted by atomic mass is 10.1. The Morgan fingerprint density at radius 1 is 1.29 bits per heavy atom. The van der Waals surface area contributed by atoms with Crippen molar-refractivity contribution < 1.29 is 4.74 Å². The second-order valence-electron chi connectivity index (χ2n) is 5.95. The second-order valence-corrected chi connectivity index (χ2v) is 5.95. The maximum Gasteiger partial charge on any atom is 0.0629 e. The predicted molar refractivity (Wildman–Crippen MR) is 58.5 cm³/mol. The fourth-order valence-corrected chi connectivity index (χ4v) is 2.48. The molecule has 1 aliphatic carbocycles. The molecule has 0 radical (unpaired) electrons. The highest BCUT2D eigenvalue weighted by Crippen LogP contribution is 2.50. The van der Waals surface area contributed by atoms with Crippen LogP contribution in [0.2, 0.25) is 0 Å². The van der Waals surface area contributed by atoms with Crippen LogP contribution in [0, 0.1) is 0 Å². The Morgan fingerprint density at radius 3 is 2.36 bits per heavy atom. The van der Waals surface area contributed by atoms with Gasteiger partial charge in [-0.25, -0.2) is 0 Å². The van der Waals surface area contributed by atoms with E-state index in [1.165, 1.54) is 25.7 Å². The zero-order valence-corrected chi connectivity index (χ0v) is 9.97. The number of hydrogen-bond donors (Lipinski definition) is 0. The van der Waals surface area contributed by atoms with Gasteiger partial charge in [-0.3, -0.25) is 4.90 Å². The first-order valence-corrected chi connectivity index (χ1v) is 5.80. The molecule has 14 heavy (non-hydrogen) atoms. The van der Waals surface area contributed by atoms with Crippen molar-refractivity contribution in [3.8, 4) is 0 Å². The van der Waals surface area contributed by atoms with Crippen molar-refractivity contribution in [2.45, 2.75) is 63.6 Å². The van der Waals surface area contributed by atoms with Crippen LogP contribution in [-0.4, -0.2) is 35.7 Å². The molecule has 1 spiro atoms. The Morgan fingerprint density at radius 2 is 1.93 bits per heavy atom. The minimum atomic E-state index is 0.0140.